The number of rotatable bonds is 9. The second-order valence-corrected chi connectivity index (χ2v) is 5.78. The van der Waals surface area contributed by atoms with Crippen molar-refractivity contribution in [1.29, 1.82) is 0 Å². The van der Waals surface area contributed by atoms with Crippen LogP contribution in [-0.4, -0.2) is 64.0 Å². The van der Waals surface area contributed by atoms with Crippen molar-refractivity contribution in [3.05, 3.63) is 29.8 Å². The molecule has 0 spiro atoms. The fraction of sp³-hybridized carbons (Fsp3) is 0.625. The van der Waals surface area contributed by atoms with Crippen LogP contribution in [-0.2, 0) is 10.9 Å². The topological polar surface area (TPSA) is 24.9 Å². The minimum absolute atomic E-state index is 0.0291. The summed E-state index contributed by atoms with van der Waals surface area (Å²) in [5, 5.41) is 0. The Bertz CT molecular complexity index is 465. The SMILES string of the molecule is CN(C)CC(OCCCOc1cccc(C(F)(F)F)c1)N(C)C. The molecule has 0 fully saturated rings. The molecule has 4 nitrogen and oxygen atoms in total. The summed E-state index contributed by atoms with van der Waals surface area (Å²) in [6.45, 7) is 1.56. The predicted molar refractivity (Wildman–Crippen MR) is 83.5 cm³/mol. The molecule has 7 heteroatoms. The van der Waals surface area contributed by atoms with Crippen molar-refractivity contribution in [2.24, 2.45) is 0 Å². The van der Waals surface area contributed by atoms with E-state index in [-0.39, 0.29) is 12.0 Å². The normalized spacial score (nSPS) is 13.6. The Labute approximate surface area is 135 Å². The molecule has 1 unspecified atom stereocenters. The smallest absolute Gasteiger partial charge is 0.416 e. The minimum Gasteiger partial charge on any atom is -0.493 e. The number of hydrogen-bond acceptors (Lipinski definition) is 4. The van der Waals surface area contributed by atoms with E-state index >= 15 is 0 Å². The first-order valence-electron chi connectivity index (χ1n) is 7.43. The molecule has 0 N–H and O–H groups in total. The van der Waals surface area contributed by atoms with Gasteiger partial charge in [0.05, 0.1) is 18.8 Å². The van der Waals surface area contributed by atoms with E-state index in [9.17, 15) is 13.2 Å². The van der Waals surface area contributed by atoms with E-state index < -0.39 is 11.7 Å². The molecule has 0 bridgehead atoms. The van der Waals surface area contributed by atoms with Crippen molar-refractivity contribution < 1.29 is 22.6 Å². The Morgan fingerprint density at radius 3 is 2.35 bits per heavy atom. The van der Waals surface area contributed by atoms with Crippen LogP contribution >= 0.6 is 0 Å². The lowest BCUT2D eigenvalue weighted by Crippen LogP contribution is -2.39. The average Bonchev–Trinajstić information content (AvgIpc) is 2.44. The highest BCUT2D eigenvalue weighted by atomic mass is 19.4. The van der Waals surface area contributed by atoms with Crippen molar-refractivity contribution in [3.63, 3.8) is 0 Å². The highest BCUT2D eigenvalue weighted by molar-refractivity contribution is 5.30. The van der Waals surface area contributed by atoms with Gasteiger partial charge in [-0.25, -0.2) is 0 Å². The third-order valence-electron chi connectivity index (χ3n) is 3.13. The van der Waals surface area contributed by atoms with Gasteiger partial charge in [0.1, 0.15) is 12.0 Å². The minimum atomic E-state index is -4.35. The lowest BCUT2D eigenvalue weighted by molar-refractivity contribution is -0.137. The fourth-order valence-electron chi connectivity index (χ4n) is 1.91. The van der Waals surface area contributed by atoms with Crippen LogP contribution < -0.4 is 4.74 Å². The molecule has 1 rings (SSSR count). The third kappa shape index (κ3) is 7.67. The lowest BCUT2D eigenvalue weighted by Gasteiger charge is -2.27. The molecule has 0 radical (unpaired) electrons. The first-order chi connectivity index (χ1) is 10.7. The van der Waals surface area contributed by atoms with Gasteiger partial charge in [-0.05, 0) is 46.4 Å². The maximum Gasteiger partial charge on any atom is 0.416 e. The quantitative estimate of drug-likeness (QED) is 0.512. The molecule has 1 atom stereocenters. The molecule has 0 aromatic heterocycles. The van der Waals surface area contributed by atoms with Gasteiger partial charge in [-0.2, -0.15) is 13.2 Å². The van der Waals surface area contributed by atoms with Crippen LogP contribution in [0.5, 0.6) is 5.75 Å². The van der Waals surface area contributed by atoms with Crippen LogP contribution in [0.3, 0.4) is 0 Å². The largest absolute Gasteiger partial charge is 0.493 e. The molecule has 0 heterocycles. The summed E-state index contributed by atoms with van der Waals surface area (Å²) in [6.07, 6.45) is -3.78. The Balaban J connectivity index is 2.35. The summed E-state index contributed by atoms with van der Waals surface area (Å²) >= 11 is 0. The molecule has 0 saturated carbocycles. The number of alkyl halides is 3. The van der Waals surface area contributed by atoms with E-state index in [1.54, 1.807) is 0 Å². The van der Waals surface area contributed by atoms with Gasteiger partial charge in [0, 0.05) is 13.0 Å². The number of hydrogen-bond donors (Lipinski definition) is 0. The van der Waals surface area contributed by atoms with E-state index in [2.05, 4.69) is 0 Å². The van der Waals surface area contributed by atoms with Crippen molar-refractivity contribution >= 4 is 0 Å². The molecule has 0 aliphatic carbocycles. The number of nitrogens with zero attached hydrogens (tertiary/aromatic N) is 2. The number of benzene rings is 1. The van der Waals surface area contributed by atoms with Crippen LogP contribution in [0.1, 0.15) is 12.0 Å². The van der Waals surface area contributed by atoms with Crippen LogP contribution in [0.15, 0.2) is 24.3 Å². The first-order valence-corrected chi connectivity index (χ1v) is 7.43. The summed E-state index contributed by atoms with van der Waals surface area (Å²) < 4.78 is 48.9. The van der Waals surface area contributed by atoms with Gasteiger partial charge in [-0.1, -0.05) is 6.07 Å². The number of halogens is 3. The molecule has 0 amide bonds. The average molecular weight is 334 g/mol. The summed E-state index contributed by atoms with van der Waals surface area (Å²) in [6, 6.07) is 4.90. The Morgan fingerprint density at radius 1 is 1.09 bits per heavy atom. The summed E-state index contributed by atoms with van der Waals surface area (Å²) in [5.74, 6) is 0.220. The van der Waals surface area contributed by atoms with E-state index in [1.807, 2.05) is 38.0 Å². The van der Waals surface area contributed by atoms with Gasteiger partial charge in [-0.15, -0.1) is 0 Å². The lowest BCUT2D eigenvalue weighted by atomic mass is 10.2. The molecule has 0 aliphatic rings. The molecule has 1 aromatic carbocycles. The van der Waals surface area contributed by atoms with E-state index in [4.69, 9.17) is 9.47 Å². The number of likely N-dealkylation sites (N-methyl/N-ethyl adjacent to an activating group) is 2. The van der Waals surface area contributed by atoms with Crippen LogP contribution in [0.25, 0.3) is 0 Å². The van der Waals surface area contributed by atoms with Gasteiger partial charge < -0.3 is 14.4 Å². The van der Waals surface area contributed by atoms with Crippen molar-refractivity contribution in [2.45, 2.75) is 18.8 Å². The second kappa shape index (κ2) is 9.10. The Hall–Kier alpha value is -1.31. The zero-order chi connectivity index (χ0) is 17.5. The van der Waals surface area contributed by atoms with E-state index in [1.165, 1.54) is 12.1 Å². The summed E-state index contributed by atoms with van der Waals surface area (Å²) in [5.41, 5.74) is -0.704. The molecule has 23 heavy (non-hydrogen) atoms. The highest BCUT2D eigenvalue weighted by Crippen LogP contribution is 2.31. The third-order valence-corrected chi connectivity index (χ3v) is 3.13. The second-order valence-electron chi connectivity index (χ2n) is 5.78. The first kappa shape index (κ1) is 19.7. The van der Waals surface area contributed by atoms with Crippen LogP contribution in [0, 0.1) is 0 Å². The number of ether oxygens (including phenoxy) is 2. The van der Waals surface area contributed by atoms with Gasteiger partial charge in [0.2, 0.25) is 0 Å². The van der Waals surface area contributed by atoms with Crippen LogP contribution in [0.2, 0.25) is 0 Å². The van der Waals surface area contributed by atoms with Gasteiger partial charge >= 0.3 is 6.18 Å². The predicted octanol–water partition coefficient (Wildman–Crippen LogP) is 2.94. The van der Waals surface area contributed by atoms with Gasteiger partial charge in [0.15, 0.2) is 0 Å². The summed E-state index contributed by atoms with van der Waals surface area (Å²) in [4.78, 5) is 4.01. The highest BCUT2D eigenvalue weighted by Gasteiger charge is 2.30. The standard InChI is InChI=1S/C16H25F3N2O2/c1-20(2)12-15(21(3)4)23-10-6-9-22-14-8-5-7-13(11-14)16(17,18)19/h5,7-8,11,15H,6,9-10,12H2,1-4H3. The van der Waals surface area contributed by atoms with Gasteiger partial charge in [-0.3, -0.25) is 4.90 Å². The summed E-state index contributed by atoms with van der Waals surface area (Å²) in [7, 11) is 7.81. The monoisotopic (exact) mass is 334 g/mol. The molecule has 0 aliphatic heterocycles. The maximum atomic E-state index is 12.6. The zero-order valence-corrected chi connectivity index (χ0v) is 14.1. The fourth-order valence-corrected chi connectivity index (χ4v) is 1.91. The molecule has 1 aromatic rings. The molecule has 0 saturated heterocycles. The van der Waals surface area contributed by atoms with Crippen molar-refractivity contribution in [2.75, 3.05) is 47.9 Å². The van der Waals surface area contributed by atoms with Crippen LogP contribution in [0.4, 0.5) is 13.2 Å². The zero-order valence-electron chi connectivity index (χ0n) is 14.1. The molecular formula is C16H25F3N2O2. The molecule has 132 valence electrons. The van der Waals surface area contributed by atoms with Crippen molar-refractivity contribution in [1.82, 2.24) is 9.80 Å². The maximum absolute atomic E-state index is 12.6. The van der Waals surface area contributed by atoms with E-state index in [0.717, 1.165) is 18.7 Å². The Kier molecular flexibility index (Phi) is 7.81. The van der Waals surface area contributed by atoms with Crippen molar-refractivity contribution in [3.8, 4) is 5.75 Å². The van der Waals surface area contributed by atoms with E-state index in [0.29, 0.717) is 19.6 Å². The van der Waals surface area contributed by atoms with Gasteiger partial charge in [0.25, 0.3) is 0 Å². The Morgan fingerprint density at radius 2 is 1.78 bits per heavy atom. The molecular weight excluding hydrogens is 309 g/mol.